The normalized spacial score (nSPS) is 10.4. The average molecular weight is 250 g/mol. The van der Waals surface area contributed by atoms with E-state index < -0.39 is 25.0 Å². The zero-order chi connectivity index (χ0) is 13.1. The molecule has 0 aliphatic rings. The van der Waals surface area contributed by atoms with Gasteiger partial charge in [0.2, 0.25) is 0 Å². The second-order valence-corrected chi connectivity index (χ2v) is 3.61. The Labute approximate surface area is 101 Å². The molecule has 0 fully saturated rings. The van der Waals surface area contributed by atoms with E-state index in [-0.39, 0.29) is 5.82 Å². The number of aliphatic carboxylic acids is 2. The zero-order valence-corrected chi connectivity index (χ0v) is 9.24. The lowest BCUT2D eigenvalue weighted by molar-refractivity contribution is -0.136. The minimum Gasteiger partial charge on any atom is -0.480 e. The molecule has 0 atom stereocenters. The lowest BCUT2D eigenvalue weighted by atomic mass is 10.3. The van der Waals surface area contributed by atoms with Crippen LogP contribution in [0, 0.1) is 0 Å². The van der Waals surface area contributed by atoms with Gasteiger partial charge in [0.15, 0.2) is 0 Å². The maximum atomic E-state index is 10.8. The number of carbonyl (C=O) groups is 2. The van der Waals surface area contributed by atoms with Gasteiger partial charge >= 0.3 is 11.9 Å². The van der Waals surface area contributed by atoms with E-state index in [1.54, 1.807) is 12.1 Å². The van der Waals surface area contributed by atoms with Gasteiger partial charge in [-0.25, -0.2) is 4.98 Å². The number of aromatic nitrogens is 1. The number of nitrogens with zero attached hydrogens (tertiary/aromatic N) is 2. The Balaban J connectivity index is 2.42. The van der Waals surface area contributed by atoms with E-state index in [4.69, 9.17) is 14.6 Å². The molecule has 0 bridgehead atoms. The molecule has 2 heterocycles. The van der Waals surface area contributed by atoms with Crippen LogP contribution in [0.3, 0.4) is 0 Å². The van der Waals surface area contributed by atoms with Crippen molar-refractivity contribution in [1.29, 1.82) is 0 Å². The molecule has 18 heavy (non-hydrogen) atoms. The van der Waals surface area contributed by atoms with Crippen LogP contribution in [0.4, 0.5) is 5.82 Å². The molecule has 0 spiro atoms. The van der Waals surface area contributed by atoms with Crippen molar-refractivity contribution in [2.24, 2.45) is 0 Å². The molecule has 0 radical (unpaired) electrons. The predicted molar refractivity (Wildman–Crippen MR) is 61.5 cm³/mol. The van der Waals surface area contributed by atoms with Gasteiger partial charge in [-0.15, -0.1) is 0 Å². The van der Waals surface area contributed by atoms with Crippen LogP contribution < -0.4 is 4.90 Å². The van der Waals surface area contributed by atoms with Crippen LogP contribution in [-0.2, 0) is 9.59 Å². The molecule has 0 saturated heterocycles. The first-order chi connectivity index (χ1) is 8.58. The van der Waals surface area contributed by atoms with Gasteiger partial charge in [0, 0.05) is 6.20 Å². The Bertz CT molecular complexity index is 576. The van der Waals surface area contributed by atoms with E-state index in [1.807, 2.05) is 0 Å². The first-order valence-corrected chi connectivity index (χ1v) is 5.08. The van der Waals surface area contributed by atoms with Crippen molar-refractivity contribution in [2.75, 3.05) is 18.0 Å². The standard InChI is InChI=1S/C11H10N2O5/c14-9(15)5-13(6-10(16)17)11-7-2-4-18-8(7)1-3-12-11/h1-4H,5-6H2,(H,14,15)(H,16,17). The highest BCUT2D eigenvalue weighted by Crippen LogP contribution is 2.24. The van der Waals surface area contributed by atoms with Gasteiger partial charge in [-0.05, 0) is 12.1 Å². The summed E-state index contributed by atoms with van der Waals surface area (Å²) in [6.45, 7) is -0.882. The minimum atomic E-state index is -1.13. The monoisotopic (exact) mass is 250 g/mol. The molecule has 0 amide bonds. The second-order valence-electron chi connectivity index (χ2n) is 3.61. The number of furan rings is 1. The Morgan fingerprint density at radius 3 is 2.50 bits per heavy atom. The number of hydrogen-bond donors (Lipinski definition) is 2. The summed E-state index contributed by atoms with van der Waals surface area (Å²) >= 11 is 0. The molecule has 0 unspecified atom stereocenters. The van der Waals surface area contributed by atoms with Gasteiger partial charge in [0.05, 0.1) is 11.6 Å². The highest BCUT2D eigenvalue weighted by Gasteiger charge is 2.18. The fraction of sp³-hybridized carbons (Fsp3) is 0.182. The molecule has 0 aromatic carbocycles. The van der Waals surface area contributed by atoms with E-state index in [0.717, 1.165) is 0 Å². The molecule has 0 aliphatic heterocycles. The van der Waals surface area contributed by atoms with Gasteiger partial charge in [0.25, 0.3) is 0 Å². The van der Waals surface area contributed by atoms with Crippen molar-refractivity contribution in [3.8, 4) is 0 Å². The first-order valence-electron chi connectivity index (χ1n) is 5.08. The third kappa shape index (κ3) is 2.40. The van der Waals surface area contributed by atoms with Crippen LogP contribution >= 0.6 is 0 Å². The second kappa shape index (κ2) is 4.74. The number of hydrogen-bond acceptors (Lipinski definition) is 5. The minimum absolute atomic E-state index is 0.283. The van der Waals surface area contributed by atoms with E-state index in [9.17, 15) is 9.59 Å². The van der Waals surface area contributed by atoms with Gasteiger partial charge in [-0.1, -0.05) is 0 Å². The maximum Gasteiger partial charge on any atom is 0.323 e. The molecule has 2 aromatic rings. The maximum absolute atomic E-state index is 10.8. The summed E-state index contributed by atoms with van der Waals surface area (Å²) in [6.07, 6.45) is 2.88. The number of pyridine rings is 1. The van der Waals surface area contributed by atoms with Gasteiger partial charge < -0.3 is 19.5 Å². The molecular formula is C11H10N2O5. The molecule has 2 N–H and O–H groups in total. The Hall–Kier alpha value is -2.57. The van der Waals surface area contributed by atoms with Gasteiger partial charge in [-0.3, -0.25) is 9.59 Å². The van der Waals surface area contributed by atoms with Crippen LogP contribution in [0.1, 0.15) is 0 Å². The zero-order valence-electron chi connectivity index (χ0n) is 9.24. The lowest BCUT2D eigenvalue weighted by Crippen LogP contribution is -2.35. The fourth-order valence-corrected chi connectivity index (χ4v) is 1.66. The number of fused-ring (bicyclic) bond motifs is 1. The van der Waals surface area contributed by atoms with Crippen LogP contribution in [0.2, 0.25) is 0 Å². The van der Waals surface area contributed by atoms with Crippen molar-refractivity contribution in [1.82, 2.24) is 4.98 Å². The van der Waals surface area contributed by atoms with E-state index >= 15 is 0 Å². The first kappa shape index (κ1) is 11.9. The third-order valence-electron chi connectivity index (χ3n) is 2.31. The van der Waals surface area contributed by atoms with E-state index in [1.165, 1.54) is 17.4 Å². The number of anilines is 1. The van der Waals surface area contributed by atoms with Crippen LogP contribution in [0.5, 0.6) is 0 Å². The largest absolute Gasteiger partial charge is 0.480 e. The fourth-order valence-electron chi connectivity index (χ4n) is 1.66. The molecule has 2 aromatic heterocycles. The Kier molecular flexibility index (Phi) is 3.13. The average Bonchev–Trinajstić information content (AvgIpc) is 2.74. The van der Waals surface area contributed by atoms with Crippen LogP contribution in [-0.4, -0.2) is 40.2 Å². The summed E-state index contributed by atoms with van der Waals surface area (Å²) in [7, 11) is 0. The van der Waals surface area contributed by atoms with Gasteiger partial charge in [-0.2, -0.15) is 0 Å². The number of carboxylic acids is 2. The molecular weight excluding hydrogens is 240 g/mol. The van der Waals surface area contributed by atoms with E-state index in [0.29, 0.717) is 11.0 Å². The molecule has 7 nitrogen and oxygen atoms in total. The summed E-state index contributed by atoms with van der Waals surface area (Å²) in [5, 5.41) is 18.2. The van der Waals surface area contributed by atoms with Crippen LogP contribution in [0.15, 0.2) is 29.0 Å². The molecule has 0 aliphatic carbocycles. The van der Waals surface area contributed by atoms with Crippen molar-refractivity contribution in [3.63, 3.8) is 0 Å². The van der Waals surface area contributed by atoms with Crippen LogP contribution in [0.25, 0.3) is 11.0 Å². The number of rotatable bonds is 5. The molecule has 94 valence electrons. The SMILES string of the molecule is O=C(O)CN(CC(=O)O)c1nccc2occc12. The molecule has 7 heteroatoms. The highest BCUT2D eigenvalue weighted by atomic mass is 16.4. The molecule has 0 saturated carbocycles. The summed E-state index contributed by atoms with van der Waals surface area (Å²) in [4.78, 5) is 26.7. The quantitative estimate of drug-likeness (QED) is 0.808. The Morgan fingerprint density at radius 2 is 1.89 bits per heavy atom. The number of carboxylic acid groups (broad SMARTS) is 2. The van der Waals surface area contributed by atoms with Gasteiger partial charge in [0.1, 0.15) is 24.5 Å². The Morgan fingerprint density at radius 1 is 1.22 bits per heavy atom. The lowest BCUT2D eigenvalue weighted by Gasteiger charge is -2.19. The summed E-state index contributed by atoms with van der Waals surface area (Å²) < 4.78 is 5.16. The smallest absolute Gasteiger partial charge is 0.323 e. The summed E-state index contributed by atoms with van der Waals surface area (Å²) in [6, 6.07) is 3.24. The third-order valence-corrected chi connectivity index (χ3v) is 2.31. The summed E-state index contributed by atoms with van der Waals surface area (Å²) in [5.74, 6) is -1.97. The topological polar surface area (TPSA) is 104 Å². The van der Waals surface area contributed by atoms with Crippen molar-refractivity contribution >= 4 is 28.7 Å². The van der Waals surface area contributed by atoms with Crippen molar-refractivity contribution < 1.29 is 24.2 Å². The highest BCUT2D eigenvalue weighted by molar-refractivity contribution is 5.91. The predicted octanol–water partition coefficient (Wildman–Crippen LogP) is 0.803. The van der Waals surface area contributed by atoms with E-state index in [2.05, 4.69) is 4.98 Å². The van der Waals surface area contributed by atoms with Crippen molar-refractivity contribution in [2.45, 2.75) is 0 Å². The summed E-state index contributed by atoms with van der Waals surface area (Å²) in [5.41, 5.74) is 0.528. The molecule has 2 rings (SSSR count). The van der Waals surface area contributed by atoms with Crippen molar-refractivity contribution in [3.05, 3.63) is 24.6 Å².